The van der Waals surface area contributed by atoms with Gasteiger partial charge in [0.25, 0.3) is 0 Å². The first-order valence-electron chi connectivity index (χ1n) is 6.09. The van der Waals surface area contributed by atoms with E-state index in [0.717, 1.165) is 12.5 Å². The number of halogens is 2. The minimum atomic E-state index is -3.69. The highest BCUT2D eigenvalue weighted by molar-refractivity contribution is 7.89. The molecule has 1 aromatic rings. The lowest BCUT2D eigenvalue weighted by atomic mass is 10.1. The second-order valence-corrected chi connectivity index (χ2v) is 7.18. The van der Waals surface area contributed by atoms with Gasteiger partial charge < -0.3 is 0 Å². The van der Waals surface area contributed by atoms with Gasteiger partial charge in [0, 0.05) is 19.5 Å². The van der Waals surface area contributed by atoms with E-state index in [4.69, 9.17) is 11.6 Å². The molecular weight excluding hydrogens is 289 g/mol. The topological polar surface area (TPSA) is 37.4 Å². The first-order valence-corrected chi connectivity index (χ1v) is 8.07. The molecule has 6 heteroatoms. The Hall–Kier alpha value is -0.650. The van der Waals surface area contributed by atoms with Gasteiger partial charge in [-0.2, -0.15) is 0 Å². The fourth-order valence-electron chi connectivity index (χ4n) is 1.61. The fourth-order valence-corrected chi connectivity index (χ4v) is 3.33. The standard InChI is InChI=1S/C13H19ClFNO2S/c1-10(2)6-7-16(3)19(17,18)13-8-12(15)5-4-11(13)9-14/h4-5,8,10H,6-7,9H2,1-3H3. The van der Waals surface area contributed by atoms with E-state index in [9.17, 15) is 12.8 Å². The monoisotopic (exact) mass is 307 g/mol. The van der Waals surface area contributed by atoms with Gasteiger partial charge in [-0.1, -0.05) is 19.9 Å². The van der Waals surface area contributed by atoms with E-state index in [2.05, 4.69) is 0 Å². The highest BCUT2D eigenvalue weighted by atomic mass is 35.5. The normalized spacial score (nSPS) is 12.4. The van der Waals surface area contributed by atoms with Crippen LogP contribution in [0.15, 0.2) is 23.1 Å². The molecule has 19 heavy (non-hydrogen) atoms. The first kappa shape index (κ1) is 16.4. The van der Waals surface area contributed by atoms with Gasteiger partial charge in [-0.25, -0.2) is 17.1 Å². The van der Waals surface area contributed by atoms with Crippen LogP contribution >= 0.6 is 11.6 Å². The molecule has 0 saturated carbocycles. The molecule has 1 rings (SSSR count). The summed E-state index contributed by atoms with van der Waals surface area (Å²) < 4.78 is 39.3. The Morgan fingerprint density at radius 1 is 1.37 bits per heavy atom. The molecule has 0 bridgehead atoms. The van der Waals surface area contributed by atoms with E-state index in [1.807, 2.05) is 13.8 Å². The van der Waals surface area contributed by atoms with Crippen molar-refractivity contribution in [1.29, 1.82) is 0 Å². The van der Waals surface area contributed by atoms with Crippen molar-refractivity contribution in [2.75, 3.05) is 13.6 Å². The van der Waals surface area contributed by atoms with Crippen molar-refractivity contribution in [3.63, 3.8) is 0 Å². The van der Waals surface area contributed by atoms with Gasteiger partial charge in [0.1, 0.15) is 5.82 Å². The molecule has 3 nitrogen and oxygen atoms in total. The molecule has 0 aliphatic rings. The Morgan fingerprint density at radius 3 is 2.53 bits per heavy atom. The largest absolute Gasteiger partial charge is 0.243 e. The SMILES string of the molecule is CC(C)CCN(C)S(=O)(=O)c1cc(F)ccc1CCl. The Bertz CT molecular complexity index is 531. The molecule has 0 N–H and O–H groups in total. The van der Waals surface area contributed by atoms with Gasteiger partial charge in [0.05, 0.1) is 4.90 Å². The van der Waals surface area contributed by atoms with E-state index in [1.165, 1.54) is 23.5 Å². The molecule has 0 aromatic heterocycles. The number of nitrogens with zero attached hydrogens (tertiary/aromatic N) is 1. The lowest BCUT2D eigenvalue weighted by Gasteiger charge is -2.19. The summed E-state index contributed by atoms with van der Waals surface area (Å²) >= 11 is 5.72. The highest BCUT2D eigenvalue weighted by Crippen LogP contribution is 2.22. The Balaban J connectivity index is 3.09. The molecule has 0 amide bonds. The average Bonchev–Trinajstić information content (AvgIpc) is 2.35. The van der Waals surface area contributed by atoms with Crippen molar-refractivity contribution in [3.05, 3.63) is 29.6 Å². The Morgan fingerprint density at radius 2 is 2.00 bits per heavy atom. The molecule has 0 spiro atoms. The number of benzene rings is 1. The molecule has 0 aliphatic heterocycles. The van der Waals surface area contributed by atoms with Gasteiger partial charge in [-0.05, 0) is 30.0 Å². The van der Waals surface area contributed by atoms with Crippen LogP contribution < -0.4 is 0 Å². The molecule has 0 saturated heterocycles. The molecule has 0 atom stereocenters. The summed E-state index contributed by atoms with van der Waals surface area (Å²) in [6.07, 6.45) is 0.751. The minimum absolute atomic E-state index is 0.0346. The number of hydrogen-bond acceptors (Lipinski definition) is 2. The summed E-state index contributed by atoms with van der Waals surface area (Å²) in [5, 5.41) is 0. The van der Waals surface area contributed by atoms with E-state index < -0.39 is 15.8 Å². The third-order valence-corrected chi connectivity index (χ3v) is 5.11. The van der Waals surface area contributed by atoms with Crippen LogP contribution in [0.4, 0.5) is 4.39 Å². The van der Waals surface area contributed by atoms with Gasteiger partial charge in [-0.15, -0.1) is 11.6 Å². The average molecular weight is 308 g/mol. The van der Waals surface area contributed by atoms with Crippen LogP contribution in [0.1, 0.15) is 25.8 Å². The molecule has 0 heterocycles. The van der Waals surface area contributed by atoms with Crippen molar-refractivity contribution >= 4 is 21.6 Å². The van der Waals surface area contributed by atoms with Gasteiger partial charge in [0.2, 0.25) is 10.0 Å². The lowest BCUT2D eigenvalue weighted by molar-refractivity contribution is 0.427. The predicted molar refractivity (Wildman–Crippen MR) is 75.2 cm³/mol. The second-order valence-electron chi connectivity index (χ2n) is 4.89. The van der Waals surface area contributed by atoms with E-state index in [-0.39, 0.29) is 10.8 Å². The summed E-state index contributed by atoms with van der Waals surface area (Å²) in [7, 11) is -2.19. The summed E-state index contributed by atoms with van der Waals surface area (Å²) in [5.74, 6) is -0.144. The van der Waals surface area contributed by atoms with Gasteiger partial charge in [-0.3, -0.25) is 0 Å². The second kappa shape index (κ2) is 6.68. The molecule has 0 fully saturated rings. The maximum atomic E-state index is 13.3. The quantitative estimate of drug-likeness (QED) is 0.757. The lowest BCUT2D eigenvalue weighted by Crippen LogP contribution is -2.29. The zero-order valence-electron chi connectivity index (χ0n) is 11.4. The maximum absolute atomic E-state index is 13.3. The van der Waals surface area contributed by atoms with Crippen molar-refractivity contribution in [2.24, 2.45) is 5.92 Å². The minimum Gasteiger partial charge on any atom is -0.207 e. The molecule has 0 unspecified atom stereocenters. The van der Waals surface area contributed by atoms with Crippen molar-refractivity contribution in [2.45, 2.75) is 31.0 Å². The van der Waals surface area contributed by atoms with Crippen LogP contribution in [0.25, 0.3) is 0 Å². The highest BCUT2D eigenvalue weighted by Gasteiger charge is 2.24. The van der Waals surface area contributed by atoms with Crippen molar-refractivity contribution in [1.82, 2.24) is 4.31 Å². The van der Waals surface area contributed by atoms with Gasteiger partial charge >= 0.3 is 0 Å². The summed E-state index contributed by atoms with van der Waals surface area (Å²) in [6.45, 7) is 4.44. The van der Waals surface area contributed by atoms with Crippen LogP contribution in [-0.2, 0) is 15.9 Å². The third kappa shape index (κ3) is 4.16. The molecule has 0 radical (unpaired) electrons. The fraction of sp³-hybridized carbons (Fsp3) is 0.538. The van der Waals surface area contributed by atoms with Crippen molar-refractivity contribution in [3.8, 4) is 0 Å². The van der Waals surface area contributed by atoms with Crippen molar-refractivity contribution < 1.29 is 12.8 Å². The van der Waals surface area contributed by atoms with Gasteiger partial charge in [0.15, 0.2) is 0 Å². The summed E-state index contributed by atoms with van der Waals surface area (Å²) in [6, 6.07) is 3.65. The number of hydrogen-bond donors (Lipinski definition) is 0. The van der Waals surface area contributed by atoms with Crippen LogP contribution in [-0.4, -0.2) is 26.3 Å². The zero-order chi connectivity index (χ0) is 14.6. The third-order valence-electron chi connectivity index (χ3n) is 2.88. The van der Waals surface area contributed by atoms with Crippen LogP contribution in [0.3, 0.4) is 0 Å². The maximum Gasteiger partial charge on any atom is 0.243 e. The predicted octanol–water partition coefficient (Wildman–Crippen LogP) is 3.23. The van der Waals surface area contributed by atoms with Crippen LogP contribution in [0, 0.1) is 11.7 Å². The Kier molecular flexibility index (Phi) is 5.77. The molecule has 108 valence electrons. The molecule has 0 aliphatic carbocycles. The smallest absolute Gasteiger partial charge is 0.207 e. The number of alkyl halides is 1. The first-order chi connectivity index (χ1) is 8.78. The zero-order valence-corrected chi connectivity index (χ0v) is 12.9. The molecule has 1 aromatic carbocycles. The number of sulfonamides is 1. The van der Waals surface area contributed by atoms with E-state index in [1.54, 1.807) is 0 Å². The summed E-state index contributed by atoms with van der Waals surface area (Å²) in [5.41, 5.74) is 0.416. The Labute approximate surface area is 119 Å². The molecular formula is C13H19ClFNO2S. The van der Waals surface area contributed by atoms with E-state index in [0.29, 0.717) is 18.0 Å². The number of rotatable bonds is 6. The van der Waals surface area contributed by atoms with Crippen LogP contribution in [0.2, 0.25) is 0 Å². The van der Waals surface area contributed by atoms with E-state index >= 15 is 0 Å². The summed E-state index contributed by atoms with van der Waals surface area (Å²) in [4.78, 5) is -0.0474. The van der Waals surface area contributed by atoms with Crippen LogP contribution in [0.5, 0.6) is 0 Å².